The summed E-state index contributed by atoms with van der Waals surface area (Å²) in [6.45, 7) is 0. The summed E-state index contributed by atoms with van der Waals surface area (Å²) in [5.41, 5.74) is 8.41. The SMILES string of the molecule is c1ccc(-c2c3ccccc3c(-c3cccc4ccccc34)c3c2cnc2ccccc23)c(-c2cccc3ccccc23)c1. The van der Waals surface area contributed by atoms with Crippen molar-refractivity contribution < 1.29 is 0 Å². The van der Waals surface area contributed by atoms with Crippen LogP contribution in [0.1, 0.15) is 0 Å². The highest BCUT2D eigenvalue weighted by atomic mass is 14.7. The molecule has 0 fully saturated rings. The highest BCUT2D eigenvalue weighted by Crippen LogP contribution is 2.49. The Hall–Kier alpha value is -5.79. The zero-order valence-electron chi connectivity index (χ0n) is 24.0. The van der Waals surface area contributed by atoms with Crippen LogP contribution in [0.2, 0.25) is 0 Å². The molecule has 0 aliphatic carbocycles. The molecule has 204 valence electrons. The second-order valence-electron chi connectivity index (χ2n) is 11.5. The number of nitrogens with zero attached hydrogens (tertiary/aromatic N) is 1. The summed E-state index contributed by atoms with van der Waals surface area (Å²) in [6, 6.07) is 57.0. The van der Waals surface area contributed by atoms with Crippen molar-refractivity contribution in [3.05, 3.63) is 164 Å². The lowest BCUT2D eigenvalue weighted by Gasteiger charge is -2.21. The molecule has 0 bridgehead atoms. The van der Waals surface area contributed by atoms with Gasteiger partial charge in [0.1, 0.15) is 0 Å². The molecule has 0 saturated heterocycles. The number of hydrogen-bond acceptors (Lipinski definition) is 1. The van der Waals surface area contributed by atoms with Crippen molar-refractivity contribution >= 4 is 54.0 Å². The Bertz CT molecular complexity index is 2550. The third-order valence-corrected chi connectivity index (χ3v) is 9.10. The molecule has 1 aromatic heterocycles. The van der Waals surface area contributed by atoms with Crippen LogP contribution in [0.25, 0.3) is 87.4 Å². The van der Waals surface area contributed by atoms with Crippen LogP contribution in [-0.4, -0.2) is 4.98 Å². The topological polar surface area (TPSA) is 12.9 Å². The first-order chi connectivity index (χ1) is 21.9. The van der Waals surface area contributed by atoms with E-state index in [9.17, 15) is 0 Å². The fourth-order valence-corrected chi connectivity index (χ4v) is 7.21. The highest BCUT2D eigenvalue weighted by Gasteiger charge is 2.22. The maximum Gasteiger partial charge on any atom is 0.0708 e. The van der Waals surface area contributed by atoms with E-state index in [0.717, 1.165) is 10.9 Å². The number of benzene rings is 8. The number of aromatic nitrogens is 1. The predicted molar refractivity (Wildman–Crippen MR) is 188 cm³/mol. The van der Waals surface area contributed by atoms with Crippen molar-refractivity contribution in [1.82, 2.24) is 4.98 Å². The van der Waals surface area contributed by atoms with Crippen LogP contribution in [-0.2, 0) is 0 Å². The van der Waals surface area contributed by atoms with Gasteiger partial charge in [0.15, 0.2) is 0 Å². The fraction of sp³-hybridized carbons (Fsp3) is 0. The van der Waals surface area contributed by atoms with E-state index >= 15 is 0 Å². The lowest BCUT2D eigenvalue weighted by molar-refractivity contribution is 1.45. The van der Waals surface area contributed by atoms with E-state index < -0.39 is 0 Å². The van der Waals surface area contributed by atoms with Crippen molar-refractivity contribution in [3.8, 4) is 33.4 Å². The van der Waals surface area contributed by atoms with E-state index in [2.05, 4.69) is 164 Å². The van der Waals surface area contributed by atoms with Gasteiger partial charge in [-0.2, -0.15) is 0 Å². The minimum absolute atomic E-state index is 1.00. The highest BCUT2D eigenvalue weighted by molar-refractivity contribution is 6.29. The minimum Gasteiger partial charge on any atom is -0.256 e. The average Bonchev–Trinajstić information content (AvgIpc) is 3.10. The molecule has 0 radical (unpaired) electrons. The standard InChI is InChI=1S/C43H27N/c1-3-17-30-28(13-1)15-11-24-32(30)33-19-5-6-20-35(33)41-36-21-7-8-22-37(36)42(34-25-12-16-29-14-2-4-18-31(29)34)43-38-23-9-10-26-40(38)44-27-39(41)43/h1-27H. The number of rotatable bonds is 3. The van der Waals surface area contributed by atoms with Crippen LogP contribution in [0.4, 0.5) is 0 Å². The van der Waals surface area contributed by atoms with Crippen molar-refractivity contribution in [2.24, 2.45) is 0 Å². The summed E-state index contributed by atoms with van der Waals surface area (Å²) < 4.78 is 0. The Kier molecular flexibility index (Phi) is 5.57. The molecule has 0 saturated carbocycles. The molecule has 0 unspecified atom stereocenters. The Balaban J connectivity index is 1.49. The molecule has 0 aliphatic rings. The summed E-state index contributed by atoms with van der Waals surface area (Å²) >= 11 is 0. The molecule has 1 heterocycles. The molecule has 9 rings (SSSR count). The molecule has 0 N–H and O–H groups in total. The lowest BCUT2D eigenvalue weighted by Crippen LogP contribution is -1.95. The first-order valence-electron chi connectivity index (χ1n) is 15.1. The van der Waals surface area contributed by atoms with E-state index in [1.165, 1.54) is 76.5 Å². The zero-order valence-corrected chi connectivity index (χ0v) is 24.0. The number of fused-ring (bicyclic) bond motifs is 6. The van der Waals surface area contributed by atoms with Crippen LogP contribution in [0, 0.1) is 0 Å². The van der Waals surface area contributed by atoms with Gasteiger partial charge in [0.05, 0.1) is 5.52 Å². The molecule has 0 amide bonds. The molecule has 9 aromatic rings. The smallest absolute Gasteiger partial charge is 0.0708 e. The molecule has 0 atom stereocenters. The summed E-state index contributed by atoms with van der Waals surface area (Å²) in [6.07, 6.45) is 2.11. The van der Waals surface area contributed by atoms with E-state index in [4.69, 9.17) is 4.98 Å². The minimum atomic E-state index is 1.00. The summed E-state index contributed by atoms with van der Waals surface area (Å²) in [4.78, 5) is 5.05. The fourth-order valence-electron chi connectivity index (χ4n) is 7.21. The van der Waals surface area contributed by atoms with Gasteiger partial charge in [-0.1, -0.05) is 152 Å². The molecular formula is C43H27N. The second-order valence-corrected chi connectivity index (χ2v) is 11.5. The van der Waals surface area contributed by atoms with Crippen LogP contribution < -0.4 is 0 Å². The molecule has 1 nitrogen and oxygen atoms in total. The van der Waals surface area contributed by atoms with E-state index in [1.54, 1.807) is 0 Å². The molecule has 0 spiro atoms. The van der Waals surface area contributed by atoms with E-state index in [0.29, 0.717) is 0 Å². The van der Waals surface area contributed by atoms with Crippen LogP contribution in [0.15, 0.2) is 164 Å². The van der Waals surface area contributed by atoms with Crippen molar-refractivity contribution in [1.29, 1.82) is 0 Å². The monoisotopic (exact) mass is 557 g/mol. The Morgan fingerprint density at radius 3 is 1.50 bits per heavy atom. The molecule has 44 heavy (non-hydrogen) atoms. The van der Waals surface area contributed by atoms with Crippen LogP contribution in [0.5, 0.6) is 0 Å². The quantitative estimate of drug-likeness (QED) is 0.155. The summed E-state index contributed by atoms with van der Waals surface area (Å²) in [5.74, 6) is 0. The summed E-state index contributed by atoms with van der Waals surface area (Å²) in [7, 11) is 0. The maximum absolute atomic E-state index is 5.05. The van der Waals surface area contributed by atoms with Gasteiger partial charge in [0.2, 0.25) is 0 Å². The number of para-hydroxylation sites is 1. The van der Waals surface area contributed by atoms with Gasteiger partial charge in [0, 0.05) is 22.4 Å². The predicted octanol–water partition coefficient (Wildman–Crippen LogP) is 11.8. The van der Waals surface area contributed by atoms with Gasteiger partial charge in [-0.15, -0.1) is 0 Å². The van der Waals surface area contributed by atoms with Crippen LogP contribution >= 0.6 is 0 Å². The largest absolute Gasteiger partial charge is 0.256 e. The van der Waals surface area contributed by atoms with Gasteiger partial charge in [0.25, 0.3) is 0 Å². The van der Waals surface area contributed by atoms with Crippen molar-refractivity contribution in [3.63, 3.8) is 0 Å². The zero-order chi connectivity index (χ0) is 29.0. The van der Waals surface area contributed by atoms with Crippen molar-refractivity contribution in [2.75, 3.05) is 0 Å². The normalized spacial score (nSPS) is 11.6. The van der Waals surface area contributed by atoms with Gasteiger partial charge < -0.3 is 0 Å². The van der Waals surface area contributed by atoms with E-state index in [-0.39, 0.29) is 0 Å². The van der Waals surface area contributed by atoms with Crippen LogP contribution in [0.3, 0.4) is 0 Å². The lowest BCUT2D eigenvalue weighted by atomic mass is 9.82. The van der Waals surface area contributed by atoms with Crippen molar-refractivity contribution in [2.45, 2.75) is 0 Å². The first kappa shape index (κ1) is 24.8. The Morgan fingerprint density at radius 2 is 0.773 bits per heavy atom. The summed E-state index contributed by atoms with van der Waals surface area (Å²) in [5, 5.41) is 11.1. The van der Waals surface area contributed by atoms with Gasteiger partial charge in [-0.3, -0.25) is 4.98 Å². The van der Waals surface area contributed by atoms with Gasteiger partial charge in [-0.05, 0) is 71.8 Å². The molecule has 0 aliphatic heterocycles. The average molecular weight is 558 g/mol. The molecule has 1 heteroatoms. The molecular weight excluding hydrogens is 530 g/mol. The van der Waals surface area contributed by atoms with Gasteiger partial charge in [-0.25, -0.2) is 0 Å². The Morgan fingerprint density at radius 1 is 0.295 bits per heavy atom. The second kappa shape index (κ2) is 9.90. The third-order valence-electron chi connectivity index (χ3n) is 9.10. The van der Waals surface area contributed by atoms with Gasteiger partial charge >= 0.3 is 0 Å². The third kappa shape index (κ3) is 3.70. The molecule has 8 aromatic carbocycles. The number of pyridine rings is 1. The number of hydrogen-bond donors (Lipinski definition) is 0. The first-order valence-corrected chi connectivity index (χ1v) is 15.1. The maximum atomic E-state index is 5.05. The van der Waals surface area contributed by atoms with E-state index in [1.807, 2.05) is 0 Å². The Labute approximate surface area is 255 Å².